The summed E-state index contributed by atoms with van der Waals surface area (Å²) in [6.07, 6.45) is 4.10. The second-order valence-electron chi connectivity index (χ2n) is 5.55. The van der Waals surface area contributed by atoms with Crippen LogP contribution in [0.15, 0.2) is 54.6 Å². The summed E-state index contributed by atoms with van der Waals surface area (Å²) < 4.78 is 0. The fourth-order valence-corrected chi connectivity index (χ4v) is 2.32. The average molecular weight is 307 g/mol. The number of aromatic nitrogens is 3. The quantitative estimate of drug-likeness (QED) is 0.733. The molecule has 1 N–H and O–H groups in total. The molecule has 0 fully saturated rings. The summed E-state index contributed by atoms with van der Waals surface area (Å²) in [5.74, 6) is 0. The van der Waals surface area contributed by atoms with Gasteiger partial charge in [-0.1, -0.05) is 12.2 Å². The predicted octanol–water partition coefficient (Wildman–Crippen LogP) is 3.47. The Kier molecular flexibility index (Phi) is 4.28. The number of benzene rings is 2. The molecule has 0 saturated carbocycles. The lowest BCUT2D eigenvalue weighted by Crippen LogP contribution is -2.08. The van der Waals surface area contributed by atoms with Crippen molar-refractivity contribution in [3.05, 3.63) is 54.6 Å². The lowest BCUT2D eigenvalue weighted by atomic mass is 10.3. The number of fused-ring (bicyclic) bond motifs is 1. The topological polar surface area (TPSA) is 46.0 Å². The van der Waals surface area contributed by atoms with Gasteiger partial charge in [-0.2, -0.15) is 4.80 Å². The van der Waals surface area contributed by atoms with Crippen LogP contribution in [0.1, 0.15) is 6.92 Å². The molecule has 3 aromatic rings. The van der Waals surface area contributed by atoms with Crippen LogP contribution in [0, 0.1) is 0 Å². The predicted molar refractivity (Wildman–Crippen MR) is 96.5 cm³/mol. The molecule has 0 aliphatic heterocycles. The number of hydrogen-bond donors (Lipinski definition) is 1. The molecule has 0 saturated heterocycles. The molecule has 5 nitrogen and oxygen atoms in total. The number of allylic oxidation sites excluding steroid dienone is 1. The van der Waals surface area contributed by atoms with Crippen molar-refractivity contribution in [3.63, 3.8) is 0 Å². The van der Waals surface area contributed by atoms with Crippen LogP contribution in [-0.4, -0.2) is 35.6 Å². The Morgan fingerprint density at radius 1 is 1.04 bits per heavy atom. The van der Waals surface area contributed by atoms with Gasteiger partial charge in [0.15, 0.2) is 0 Å². The molecule has 1 aromatic heterocycles. The molecule has 0 spiro atoms. The molecule has 0 amide bonds. The van der Waals surface area contributed by atoms with Crippen LogP contribution < -0.4 is 10.2 Å². The zero-order valence-electron chi connectivity index (χ0n) is 13.7. The summed E-state index contributed by atoms with van der Waals surface area (Å²) in [7, 11) is 4.05. The standard InChI is InChI=1S/C18H21N5/c1-4-5-12-19-14-6-11-17-18(13-14)21-23(20-17)16-9-7-15(8-10-16)22(2)3/h4-11,13,19H,12H2,1-3H3/b5-4+. The minimum atomic E-state index is 0.808. The lowest BCUT2D eigenvalue weighted by molar-refractivity contribution is 0.765. The van der Waals surface area contributed by atoms with E-state index < -0.39 is 0 Å². The maximum absolute atomic E-state index is 4.58. The van der Waals surface area contributed by atoms with Gasteiger partial charge in [-0.25, -0.2) is 0 Å². The summed E-state index contributed by atoms with van der Waals surface area (Å²) in [5.41, 5.74) is 4.92. The van der Waals surface area contributed by atoms with E-state index in [4.69, 9.17) is 0 Å². The highest BCUT2D eigenvalue weighted by Crippen LogP contribution is 2.19. The summed E-state index contributed by atoms with van der Waals surface area (Å²) in [6, 6.07) is 14.2. The van der Waals surface area contributed by atoms with E-state index in [2.05, 4.69) is 38.6 Å². The Bertz CT molecular complexity index is 815. The molecule has 3 rings (SSSR count). The van der Waals surface area contributed by atoms with Gasteiger partial charge in [0, 0.05) is 32.0 Å². The Hall–Kier alpha value is -2.82. The fourth-order valence-electron chi connectivity index (χ4n) is 2.32. The van der Waals surface area contributed by atoms with E-state index in [1.807, 2.05) is 57.4 Å². The zero-order chi connectivity index (χ0) is 16.2. The highest BCUT2D eigenvalue weighted by atomic mass is 15.5. The molecule has 5 heteroatoms. The van der Waals surface area contributed by atoms with E-state index in [-0.39, 0.29) is 0 Å². The molecular weight excluding hydrogens is 286 g/mol. The van der Waals surface area contributed by atoms with Crippen molar-refractivity contribution in [3.8, 4) is 5.69 Å². The fraction of sp³-hybridized carbons (Fsp3) is 0.222. The Morgan fingerprint density at radius 2 is 1.78 bits per heavy atom. The third-order valence-corrected chi connectivity index (χ3v) is 3.64. The van der Waals surface area contributed by atoms with E-state index in [9.17, 15) is 0 Å². The second-order valence-corrected chi connectivity index (χ2v) is 5.55. The molecule has 0 unspecified atom stereocenters. The Balaban J connectivity index is 1.87. The van der Waals surface area contributed by atoms with Crippen LogP contribution in [0.25, 0.3) is 16.7 Å². The van der Waals surface area contributed by atoms with Crippen LogP contribution >= 0.6 is 0 Å². The Labute approximate surface area is 136 Å². The number of hydrogen-bond acceptors (Lipinski definition) is 4. The first kappa shape index (κ1) is 15.1. The summed E-state index contributed by atoms with van der Waals surface area (Å²) in [4.78, 5) is 3.75. The molecule has 118 valence electrons. The molecule has 2 aromatic carbocycles. The first-order chi connectivity index (χ1) is 11.2. The van der Waals surface area contributed by atoms with Crippen molar-refractivity contribution in [1.29, 1.82) is 0 Å². The van der Waals surface area contributed by atoms with Gasteiger partial charge in [-0.3, -0.25) is 0 Å². The van der Waals surface area contributed by atoms with Crippen molar-refractivity contribution >= 4 is 22.4 Å². The van der Waals surface area contributed by atoms with Crippen LogP contribution in [0.2, 0.25) is 0 Å². The minimum absolute atomic E-state index is 0.808. The second kappa shape index (κ2) is 6.52. The van der Waals surface area contributed by atoms with Crippen LogP contribution in [0.4, 0.5) is 11.4 Å². The summed E-state index contributed by atoms with van der Waals surface area (Å²) in [5, 5.41) is 12.5. The first-order valence-corrected chi connectivity index (χ1v) is 7.67. The highest BCUT2D eigenvalue weighted by Gasteiger charge is 2.06. The largest absolute Gasteiger partial charge is 0.382 e. The van der Waals surface area contributed by atoms with Gasteiger partial charge in [-0.15, -0.1) is 10.2 Å². The minimum Gasteiger partial charge on any atom is -0.382 e. The van der Waals surface area contributed by atoms with Crippen LogP contribution in [0.3, 0.4) is 0 Å². The maximum atomic E-state index is 4.58. The molecular formula is C18H21N5. The maximum Gasteiger partial charge on any atom is 0.115 e. The van der Waals surface area contributed by atoms with Gasteiger partial charge >= 0.3 is 0 Å². The van der Waals surface area contributed by atoms with Crippen molar-refractivity contribution in [2.75, 3.05) is 30.9 Å². The average Bonchev–Trinajstić information content (AvgIpc) is 2.98. The monoisotopic (exact) mass is 307 g/mol. The third kappa shape index (κ3) is 3.34. The highest BCUT2D eigenvalue weighted by molar-refractivity contribution is 5.78. The molecule has 0 aliphatic carbocycles. The molecule has 0 aliphatic rings. The van der Waals surface area contributed by atoms with E-state index in [0.717, 1.165) is 34.6 Å². The van der Waals surface area contributed by atoms with Crippen LogP contribution in [-0.2, 0) is 0 Å². The van der Waals surface area contributed by atoms with Gasteiger partial charge in [0.05, 0.1) is 5.69 Å². The van der Waals surface area contributed by atoms with Crippen LogP contribution in [0.5, 0.6) is 0 Å². The number of anilines is 2. The van der Waals surface area contributed by atoms with E-state index in [0.29, 0.717) is 0 Å². The van der Waals surface area contributed by atoms with Crippen molar-refractivity contribution in [2.45, 2.75) is 6.92 Å². The molecule has 0 atom stereocenters. The van der Waals surface area contributed by atoms with Gasteiger partial charge < -0.3 is 10.2 Å². The smallest absolute Gasteiger partial charge is 0.115 e. The number of nitrogens with zero attached hydrogens (tertiary/aromatic N) is 4. The number of nitrogens with one attached hydrogen (secondary N) is 1. The van der Waals surface area contributed by atoms with Crippen molar-refractivity contribution < 1.29 is 0 Å². The SMILES string of the molecule is C/C=C/CNc1ccc2nn(-c3ccc(N(C)C)cc3)nc2c1. The van der Waals surface area contributed by atoms with Gasteiger partial charge in [0.25, 0.3) is 0 Å². The zero-order valence-corrected chi connectivity index (χ0v) is 13.7. The number of rotatable bonds is 5. The van der Waals surface area contributed by atoms with E-state index >= 15 is 0 Å². The summed E-state index contributed by atoms with van der Waals surface area (Å²) in [6.45, 7) is 2.82. The molecule has 0 radical (unpaired) electrons. The van der Waals surface area contributed by atoms with Gasteiger partial charge in [0.2, 0.25) is 0 Å². The molecule has 1 heterocycles. The van der Waals surface area contributed by atoms with E-state index in [1.54, 1.807) is 4.80 Å². The lowest BCUT2D eigenvalue weighted by Gasteiger charge is -2.12. The Morgan fingerprint density at radius 3 is 2.48 bits per heavy atom. The molecule has 23 heavy (non-hydrogen) atoms. The van der Waals surface area contributed by atoms with Crippen molar-refractivity contribution in [1.82, 2.24) is 15.0 Å². The van der Waals surface area contributed by atoms with E-state index in [1.165, 1.54) is 0 Å². The molecule has 0 bridgehead atoms. The first-order valence-electron chi connectivity index (χ1n) is 7.67. The van der Waals surface area contributed by atoms with Crippen molar-refractivity contribution in [2.24, 2.45) is 0 Å². The normalized spacial score (nSPS) is 11.3. The third-order valence-electron chi connectivity index (χ3n) is 3.64. The summed E-state index contributed by atoms with van der Waals surface area (Å²) >= 11 is 0. The van der Waals surface area contributed by atoms with Gasteiger partial charge in [-0.05, 0) is 49.4 Å². The van der Waals surface area contributed by atoms with Gasteiger partial charge in [0.1, 0.15) is 11.0 Å².